The topological polar surface area (TPSA) is 98.7 Å². The quantitative estimate of drug-likeness (QED) is 0.380. The molecule has 0 aliphatic heterocycles. The van der Waals surface area contributed by atoms with Crippen LogP contribution in [0.1, 0.15) is 27.3 Å². The number of nitrogens with one attached hydrogen (secondary N) is 2. The summed E-state index contributed by atoms with van der Waals surface area (Å²) in [5.74, 6) is 0.0264. The van der Waals surface area contributed by atoms with Crippen LogP contribution in [-0.2, 0) is 14.8 Å². The van der Waals surface area contributed by atoms with Crippen LogP contribution in [0.25, 0.3) is 5.69 Å². The number of carbonyl (C=O) groups excluding carboxylic acids is 1. The largest absolute Gasteiger partial charge is 0.491 e. The Bertz CT molecular complexity index is 1200. The molecule has 3 rings (SSSR count). The highest BCUT2D eigenvalue weighted by molar-refractivity contribution is 7.89. The van der Waals surface area contributed by atoms with Gasteiger partial charge in [0.05, 0.1) is 17.1 Å². The van der Waals surface area contributed by atoms with Gasteiger partial charge in [0.1, 0.15) is 12.4 Å². The van der Waals surface area contributed by atoms with Crippen LogP contribution >= 0.6 is 0 Å². The monoisotopic (exact) mass is 457 g/mol. The van der Waals surface area contributed by atoms with Crippen LogP contribution in [-0.4, -0.2) is 39.2 Å². The molecule has 0 bridgehead atoms. The Labute approximate surface area is 188 Å². The average Bonchev–Trinajstić information content (AvgIpc) is 3.07. The molecule has 2 N–H and O–H groups in total. The van der Waals surface area contributed by atoms with Crippen LogP contribution in [0.4, 0.5) is 0 Å². The number of hydrazine groups is 1. The molecule has 0 unspecified atom stereocenters. The van der Waals surface area contributed by atoms with E-state index in [9.17, 15) is 13.2 Å². The standard InChI is InChI=1S/C23H27N3O5S/c1-16-14-20(10-11-22(16)31-13-12-30-4)32(28,29)25-24-23(27)21-15-17(2)26(18(21)3)19-8-6-5-7-9-19/h5-11,14-15,25H,12-13H2,1-4H3,(H,24,27). The van der Waals surface area contributed by atoms with Crippen molar-refractivity contribution in [2.24, 2.45) is 0 Å². The lowest BCUT2D eigenvalue weighted by atomic mass is 10.2. The number of para-hydroxylation sites is 1. The molecule has 0 aliphatic rings. The van der Waals surface area contributed by atoms with Gasteiger partial charge in [0, 0.05) is 24.2 Å². The first kappa shape index (κ1) is 23.5. The van der Waals surface area contributed by atoms with Crippen molar-refractivity contribution in [3.8, 4) is 11.4 Å². The van der Waals surface area contributed by atoms with Crippen LogP contribution in [0.15, 0.2) is 59.5 Å². The zero-order valence-corrected chi connectivity index (χ0v) is 19.3. The summed E-state index contributed by atoms with van der Waals surface area (Å²) in [6, 6.07) is 15.8. The van der Waals surface area contributed by atoms with Crippen molar-refractivity contribution in [2.75, 3.05) is 20.3 Å². The highest BCUT2D eigenvalue weighted by Gasteiger charge is 2.20. The SMILES string of the molecule is COCCOc1ccc(S(=O)(=O)NNC(=O)c2cc(C)n(-c3ccccc3)c2C)cc1C. The number of nitrogens with zero attached hydrogens (tertiary/aromatic N) is 1. The van der Waals surface area contributed by atoms with Crippen molar-refractivity contribution in [2.45, 2.75) is 25.7 Å². The fraction of sp³-hybridized carbons (Fsp3) is 0.261. The van der Waals surface area contributed by atoms with Gasteiger partial charge in [0.2, 0.25) is 0 Å². The second-order valence-corrected chi connectivity index (χ2v) is 8.97. The van der Waals surface area contributed by atoms with E-state index >= 15 is 0 Å². The molecular weight excluding hydrogens is 430 g/mol. The normalized spacial score (nSPS) is 11.4. The summed E-state index contributed by atoms with van der Waals surface area (Å²) in [6.45, 7) is 6.24. The van der Waals surface area contributed by atoms with Crippen molar-refractivity contribution >= 4 is 15.9 Å². The maximum atomic E-state index is 12.7. The van der Waals surface area contributed by atoms with Gasteiger partial charge in [-0.1, -0.05) is 18.2 Å². The minimum absolute atomic E-state index is 0.0177. The van der Waals surface area contributed by atoms with E-state index in [2.05, 4.69) is 10.3 Å². The number of methoxy groups -OCH3 is 1. The molecule has 0 spiro atoms. The first-order chi connectivity index (χ1) is 15.2. The lowest BCUT2D eigenvalue weighted by Gasteiger charge is -2.12. The Morgan fingerprint density at radius 2 is 1.72 bits per heavy atom. The van der Waals surface area contributed by atoms with E-state index in [0.29, 0.717) is 35.8 Å². The zero-order chi connectivity index (χ0) is 23.3. The summed E-state index contributed by atoms with van der Waals surface area (Å²) >= 11 is 0. The molecule has 1 aromatic heterocycles. The number of rotatable bonds is 9. The molecule has 0 saturated carbocycles. The molecule has 0 atom stereocenters. The minimum atomic E-state index is -3.97. The van der Waals surface area contributed by atoms with Gasteiger partial charge in [0.25, 0.3) is 15.9 Å². The molecule has 8 nitrogen and oxygen atoms in total. The van der Waals surface area contributed by atoms with Crippen molar-refractivity contribution in [3.05, 3.63) is 77.1 Å². The number of benzene rings is 2. The minimum Gasteiger partial charge on any atom is -0.491 e. The zero-order valence-electron chi connectivity index (χ0n) is 18.5. The summed E-state index contributed by atoms with van der Waals surface area (Å²) in [4.78, 5) is 14.9. The molecule has 1 amide bonds. The van der Waals surface area contributed by atoms with E-state index in [1.165, 1.54) is 12.1 Å². The maximum Gasteiger partial charge on any atom is 0.268 e. The number of aromatic nitrogens is 1. The highest BCUT2D eigenvalue weighted by Crippen LogP contribution is 2.22. The van der Waals surface area contributed by atoms with E-state index in [-0.39, 0.29) is 4.90 Å². The number of hydrogen-bond donors (Lipinski definition) is 2. The van der Waals surface area contributed by atoms with Gasteiger partial charge < -0.3 is 14.0 Å². The molecule has 0 saturated heterocycles. The van der Waals surface area contributed by atoms with Gasteiger partial charge in [-0.2, -0.15) is 0 Å². The van der Waals surface area contributed by atoms with E-state index in [1.807, 2.05) is 48.7 Å². The van der Waals surface area contributed by atoms with Crippen LogP contribution in [0, 0.1) is 20.8 Å². The van der Waals surface area contributed by atoms with Crippen molar-refractivity contribution in [1.82, 2.24) is 14.8 Å². The number of sulfonamides is 1. The predicted molar refractivity (Wildman–Crippen MR) is 122 cm³/mol. The van der Waals surface area contributed by atoms with Gasteiger partial charge in [-0.25, -0.2) is 8.42 Å². The molecular formula is C23H27N3O5S. The third kappa shape index (κ3) is 5.18. The summed E-state index contributed by atoms with van der Waals surface area (Å²) in [5.41, 5.74) is 5.84. The molecule has 0 fully saturated rings. The van der Waals surface area contributed by atoms with E-state index in [4.69, 9.17) is 9.47 Å². The summed E-state index contributed by atoms with van der Waals surface area (Å²) in [7, 11) is -2.39. The highest BCUT2D eigenvalue weighted by atomic mass is 32.2. The first-order valence-corrected chi connectivity index (χ1v) is 11.5. The van der Waals surface area contributed by atoms with Crippen LogP contribution in [0.3, 0.4) is 0 Å². The fourth-order valence-electron chi connectivity index (χ4n) is 3.39. The number of amides is 1. The number of aryl methyl sites for hydroxylation is 2. The smallest absolute Gasteiger partial charge is 0.268 e. The Morgan fingerprint density at radius 3 is 2.38 bits per heavy atom. The van der Waals surface area contributed by atoms with E-state index in [0.717, 1.165) is 11.4 Å². The maximum absolute atomic E-state index is 12.7. The number of hydrogen-bond acceptors (Lipinski definition) is 5. The molecule has 0 radical (unpaired) electrons. The van der Waals surface area contributed by atoms with E-state index in [1.54, 1.807) is 26.2 Å². The Balaban J connectivity index is 1.73. The van der Waals surface area contributed by atoms with Crippen molar-refractivity contribution in [3.63, 3.8) is 0 Å². The third-order valence-electron chi connectivity index (χ3n) is 4.99. The van der Waals surface area contributed by atoms with Gasteiger partial charge in [-0.15, -0.1) is 4.83 Å². The Kier molecular flexibility index (Phi) is 7.34. The predicted octanol–water partition coefficient (Wildman–Crippen LogP) is 3.05. The molecule has 9 heteroatoms. The van der Waals surface area contributed by atoms with Crippen LogP contribution in [0.2, 0.25) is 0 Å². The molecule has 3 aromatic rings. The summed E-state index contributed by atoms with van der Waals surface area (Å²) in [6.07, 6.45) is 0. The molecule has 170 valence electrons. The first-order valence-electron chi connectivity index (χ1n) is 10.0. The Morgan fingerprint density at radius 1 is 1.00 bits per heavy atom. The van der Waals surface area contributed by atoms with Gasteiger partial charge in [0.15, 0.2) is 0 Å². The summed E-state index contributed by atoms with van der Waals surface area (Å²) < 4.78 is 37.8. The Hall–Kier alpha value is -3.14. The third-order valence-corrected chi connectivity index (χ3v) is 6.24. The lowest BCUT2D eigenvalue weighted by Crippen LogP contribution is -2.41. The lowest BCUT2D eigenvalue weighted by molar-refractivity contribution is 0.0944. The average molecular weight is 458 g/mol. The molecule has 0 aliphatic carbocycles. The van der Waals surface area contributed by atoms with Crippen LogP contribution < -0.4 is 15.0 Å². The summed E-state index contributed by atoms with van der Waals surface area (Å²) in [5, 5.41) is 0. The van der Waals surface area contributed by atoms with Crippen molar-refractivity contribution in [1.29, 1.82) is 0 Å². The molecule has 32 heavy (non-hydrogen) atoms. The second-order valence-electron chi connectivity index (χ2n) is 7.28. The molecule has 1 heterocycles. The molecule has 2 aromatic carbocycles. The fourth-order valence-corrected chi connectivity index (χ4v) is 4.32. The van der Waals surface area contributed by atoms with Crippen LogP contribution in [0.5, 0.6) is 5.75 Å². The van der Waals surface area contributed by atoms with E-state index < -0.39 is 15.9 Å². The second kappa shape index (κ2) is 9.99. The number of carbonyl (C=O) groups is 1. The number of ether oxygens (including phenoxy) is 2. The van der Waals surface area contributed by atoms with Gasteiger partial charge in [-0.05, 0) is 62.7 Å². The van der Waals surface area contributed by atoms with Gasteiger partial charge >= 0.3 is 0 Å². The van der Waals surface area contributed by atoms with Gasteiger partial charge in [-0.3, -0.25) is 10.2 Å². The van der Waals surface area contributed by atoms with Crippen molar-refractivity contribution < 1.29 is 22.7 Å².